The van der Waals surface area contributed by atoms with Crippen molar-refractivity contribution in [1.82, 2.24) is 9.80 Å². The third kappa shape index (κ3) is 7.61. The van der Waals surface area contributed by atoms with E-state index in [0.29, 0.717) is 0 Å². The second kappa shape index (κ2) is 16.2. The molecule has 0 radical (unpaired) electrons. The molecular weight excluding hydrogens is 837 g/mol. The molecule has 0 saturated carbocycles. The maximum atomic E-state index is 12.8. The number of carboxylic acids is 2. The van der Waals surface area contributed by atoms with E-state index in [-0.39, 0.29) is 87.4 Å². The molecule has 14 nitrogen and oxygen atoms in total. The molecule has 4 fully saturated rings. The molecule has 16 heteroatoms. The van der Waals surface area contributed by atoms with Gasteiger partial charge in [0.05, 0.1) is 22.0 Å². The number of likely N-dealkylation sites (tertiary alicyclic amines) is 2. The number of hydrogen-bond donors (Lipinski definition) is 2. The average Bonchev–Trinajstić information content (AvgIpc) is 4.08. The lowest BCUT2D eigenvalue weighted by Crippen LogP contribution is -2.34. The molecule has 10 rings (SSSR count). The normalized spacial score (nSPS) is 25.7. The van der Waals surface area contributed by atoms with E-state index in [1.807, 2.05) is 72.8 Å². The number of hydrogen-bond acceptors (Lipinski definition) is 10. The molecule has 4 aromatic carbocycles. The molecule has 0 spiro atoms. The molecule has 6 aliphatic rings. The van der Waals surface area contributed by atoms with Crippen molar-refractivity contribution in [2.75, 3.05) is 50.9 Å². The van der Waals surface area contributed by atoms with Crippen molar-refractivity contribution in [3.8, 4) is 22.3 Å². The van der Waals surface area contributed by atoms with Crippen LogP contribution in [0.4, 0.5) is 9.59 Å². The average molecular weight is 883 g/mol. The van der Waals surface area contributed by atoms with Gasteiger partial charge in [0, 0.05) is 50.9 Å². The van der Waals surface area contributed by atoms with Gasteiger partial charge in [0.2, 0.25) is 0 Å². The summed E-state index contributed by atoms with van der Waals surface area (Å²) in [7, 11) is -6.82. The highest BCUT2D eigenvalue weighted by molar-refractivity contribution is 7.92. The predicted octanol–water partition coefficient (Wildman–Crippen LogP) is 5.51. The van der Waals surface area contributed by atoms with Gasteiger partial charge in [-0.2, -0.15) is 0 Å². The topological polar surface area (TPSA) is 202 Å². The van der Waals surface area contributed by atoms with Crippen molar-refractivity contribution in [3.63, 3.8) is 0 Å². The monoisotopic (exact) mass is 882 g/mol. The summed E-state index contributed by atoms with van der Waals surface area (Å²) in [6.45, 7) is 0.921. The van der Waals surface area contributed by atoms with Gasteiger partial charge in [-0.1, -0.05) is 97.1 Å². The largest absolute Gasteiger partial charge is 0.481 e. The summed E-state index contributed by atoms with van der Waals surface area (Å²) in [5, 5.41) is 16.8. The third-order valence-electron chi connectivity index (χ3n) is 13.7. The number of fused-ring (bicyclic) bond motifs is 8. The van der Waals surface area contributed by atoms with Gasteiger partial charge in [-0.3, -0.25) is 9.59 Å². The highest BCUT2D eigenvalue weighted by Gasteiger charge is 2.55. The standard InChI is InChI=1S/2C23H23NO6S/c2*25-22(26)9-14-13-31(28,29)21-11-24(10-19(14)21)23(27)30-12-20-17-7-3-1-5-15(17)16-6-2-4-8-18(16)20/h2*1-8,14,19-21H,9-13H2,(H,25,26)/t2*14-,19+,21+/m10/s1. The highest BCUT2D eigenvalue weighted by Crippen LogP contribution is 2.47. The number of carboxylic acid groups (broad SMARTS) is 2. The molecule has 4 aliphatic heterocycles. The van der Waals surface area contributed by atoms with Crippen molar-refractivity contribution >= 4 is 43.8 Å². The van der Waals surface area contributed by atoms with Crippen LogP contribution in [0.1, 0.15) is 46.9 Å². The van der Waals surface area contributed by atoms with E-state index in [1.165, 1.54) is 9.80 Å². The summed E-state index contributed by atoms with van der Waals surface area (Å²) in [6, 6.07) is 32.2. The number of benzene rings is 4. The highest BCUT2D eigenvalue weighted by atomic mass is 32.2. The lowest BCUT2D eigenvalue weighted by Gasteiger charge is -2.21. The Balaban J connectivity index is 0.000000158. The summed E-state index contributed by atoms with van der Waals surface area (Å²) in [6.07, 6.45) is -1.47. The zero-order chi connectivity index (χ0) is 43.5. The molecule has 0 unspecified atom stereocenters. The van der Waals surface area contributed by atoms with Gasteiger partial charge in [-0.05, 0) is 68.2 Å². The van der Waals surface area contributed by atoms with Crippen LogP contribution in [0.2, 0.25) is 0 Å². The zero-order valence-electron chi connectivity index (χ0n) is 33.6. The summed E-state index contributed by atoms with van der Waals surface area (Å²) in [5.41, 5.74) is 8.99. The number of sulfone groups is 2. The van der Waals surface area contributed by atoms with Gasteiger partial charge in [0.1, 0.15) is 13.2 Å². The van der Waals surface area contributed by atoms with Gasteiger partial charge in [-0.25, -0.2) is 26.4 Å². The predicted molar refractivity (Wildman–Crippen MR) is 227 cm³/mol. The van der Waals surface area contributed by atoms with Crippen LogP contribution in [0.15, 0.2) is 97.1 Å². The zero-order valence-corrected chi connectivity index (χ0v) is 35.2. The van der Waals surface area contributed by atoms with Gasteiger partial charge >= 0.3 is 24.1 Å². The number of amides is 2. The quantitative estimate of drug-likeness (QED) is 0.225. The molecule has 62 heavy (non-hydrogen) atoms. The van der Waals surface area contributed by atoms with Crippen molar-refractivity contribution < 1.29 is 55.7 Å². The number of carbonyl (C=O) groups excluding carboxylic acids is 2. The van der Waals surface area contributed by atoms with Gasteiger partial charge < -0.3 is 29.5 Å². The van der Waals surface area contributed by atoms with E-state index < -0.39 is 66.1 Å². The van der Waals surface area contributed by atoms with Crippen molar-refractivity contribution in [2.45, 2.75) is 35.2 Å². The van der Waals surface area contributed by atoms with E-state index in [4.69, 9.17) is 19.7 Å². The first kappa shape index (κ1) is 41.6. The Morgan fingerprint density at radius 1 is 0.500 bits per heavy atom. The van der Waals surface area contributed by atoms with E-state index in [9.17, 15) is 36.0 Å². The Hall–Kier alpha value is -5.74. The Bertz CT molecular complexity index is 2410. The van der Waals surface area contributed by atoms with E-state index in [0.717, 1.165) is 44.5 Å². The first-order valence-electron chi connectivity index (χ1n) is 20.8. The van der Waals surface area contributed by atoms with Crippen LogP contribution in [-0.2, 0) is 38.7 Å². The molecule has 2 amide bonds. The number of aliphatic carboxylic acids is 2. The van der Waals surface area contributed by atoms with Crippen LogP contribution in [0.25, 0.3) is 22.3 Å². The summed E-state index contributed by atoms with van der Waals surface area (Å²) < 4.78 is 61.2. The van der Waals surface area contributed by atoms with Gasteiger partial charge in [0.25, 0.3) is 0 Å². The fourth-order valence-electron chi connectivity index (χ4n) is 10.9. The molecule has 324 valence electrons. The summed E-state index contributed by atoms with van der Waals surface area (Å²) in [4.78, 5) is 50.7. The SMILES string of the molecule is O=C(O)C[C@@H]1CS(=O)(=O)[C@H]2CN(C(=O)OCC3c4ccccc4-c4ccccc43)C[C@@H]12.O=C(O)C[C@H]1CS(=O)(=O)[C@@H]2CN(C(=O)OCC3c4ccccc4-c4ccccc43)C[C@H]12. The molecule has 2 N–H and O–H groups in total. The minimum absolute atomic E-state index is 0.0676. The number of carbonyl (C=O) groups is 4. The molecular formula is C46H46N2O12S2. The third-order valence-corrected chi connectivity index (χ3v) is 18.3. The molecule has 4 saturated heterocycles. The number of ether oxygens (including phenoxy) is 2. The first-order valence-corrected chi connectivity index (χ1v) is 24.2. The molecule has 0 bridgehead atoms. The van der Waals surface area contributed by atoms with E-state index >= 15 is 0 Å². The van der Waals surface area contributed by atoms with E-state index in [2.05, 4.69) is 24.3 Å². The van der Waals surface area contributed by atoms with Crippen molar-refractivity contribution in [3.05, 3.63) is 119 Å². The minimum Gasteiger partial charge on any atom is -0.481 e. The molecule has 6 atom stereocenters. The second-order valence-electron chi connectivity index (χ2n) is 17.2. The van der Waals surface area contributed by atoms with Crippen LogP contribution in [0.5, 0.6) is 0 Å². The second-order valence-corrected chi connectivity index (χ2v) is 21.7. The van der Waals surface area contributed by atoms with Gasteiger partial charge in [-0.15, -0.1) is 0 Å². The molecule has 4 heterocycles. The lowest BCUT2D eigenvalue weighted by atomic mass is 9.91. The Morgan fingerprint density at radius 2 is 0.806 bits per heavy atom. The molecule has 0 aromatic heterocycles. The van der Waals surface area contributed by atoms with Gasteiger partial charge in [0.15, 0.2) is 19.7 Å². The fourth-order valence-corrected chi connectivity index (χ4v) is 15.8. The molecule has 4 aromatic rings. The lowest BCUT2D eigenvalue weighted by molar-refractivity contribution is -0.139. The smallest absolute Gasteiger partial charge is 0.409 e. The molecule has 2 aliphatic carbocycles. The maximum Gasteiger partial charge on any atom is 0.409 e. The van der Waals surface area contributed by atoms with E-state index in [1.54, 1.807) is 0 Å². The van der Waals surface area contributed by atoms with Crippen LogP contribution in [-0.4, -0.2) is 122 Å². The summed E-state index contributed by atoms with van der Waals surface area (Å²) in [5.74, 6) is -4.01. The summed E-state index contributed by atoms with van der Waals surface area (Å²) >= 11 is 0. The van der Waals surface area contributed by atoms with Crippen LogP contribution >= 0.6 is 0 Å². The van der Waals surface area contributed by atoms with Crippen molar-refractivity contribution in [2.24, 2.45) is 23.7 Å². The number of nitrogens with zero attached hydrogens (tertiary/aromatic N) is 2. The Labute approximate surface area is 359 Å². The first-order chi connectivity index (χ1) is 29.7. The minimum atomic E-state index is -3.41. The Morgan fingerprint density at radius 3 is 1.11 bits per heavy atom. The van der Waals surface area contributed by atoms with Crippen LogP contribution in [0, 0.1) is 23.7 Å². The van der Waals surface area contributed by atoms with Crippen molar-refractivity contribution in [1.29, 1.82) is 0 Å². The fraction of sp³-hybridized carbons (Fsp3) is 0.391. The maximum absolute atomic E-state index is 12.8. The van der Waals surface area contributed by atoms with Crippen LogP contribution in [0.3, 0.4) is 0 Å². The van der Waals surface area contributed by atoms with Crippen LogP contribution < -0.4 is 0 Å². The number of rotatable bonds is 8. The Kier molecular flexibility index (Phi) is 10.9.